The van der Waals surface area contributed by atoms with E-state index in [0.29, 0.717) is 10.6 Å². The van der Waals surface area contributed by atoms with E-state index in [0.717, 1.165) is 25.7 Å². The molecule has 0 aliphatic rings. The molecule has 23 heavy (non-hydrogen) atoms. The number of carbonyl (C=O) groups excluding carboxylic acids is 1. The minimum absolute atomic E-state index is 0.238. The number of amides is 1. The Bertz CT molecular complexity index is 770. The smallest absolute Gasteiger partial charge is 0.258 e. The molecule has 0 atom stereocenters. The molecule has 3 nitrogen and oxygen atoms in total. The predicted octanol–water partition coefficient (Wildman–Crippen LogP) is 5.40. The van der Waals surface area contributed by atoms with Crippen LogP contribution in [0, 0.1) is 3.57 Å². The first-order valence-electron chi connectivity index (χ1n) is 6.76. The number of hydrogen-bond acceptors (Lipinski definition) is 2. The minimum Gasteiger partial charge on any atom is -0.332 e. The van der Waals surface area contributed by atoms with E-state index in [4.69, 9.17) is 23.8 Å². The number of anilines is 1. The fourth-order valence-electron chi connectivity index (χ4n) is 1.97. The first-order valence-corrected chi connectivity index (χ1v) is 9.42. The van der Waals surface area contributed by atoms with Crippen LogP contribution in [0.2, 0.25) is 5.02 Å². The van der Waals surface area contributed by atoms with Gasteiger partial charge in [-0.3, -0.25) is 10.1 Å². The first kappa shape index (κ1) is 18.6. The Labute approximate surface area is 167 Å². The topological polar surface area (TPSA) is 41.1 Å². The molecule has 0 aromatic heterocycles. The Hall–Kier alpha value is -0.700. The maximum atomic E-state index is 12.3. The van der Waals surface area contributed by atoms with Crippen LogP contribution in [0.3, 0.4) is 0 Å². The van der Waals surface area contributed by atoms with Gasteiger partial charge >= 0.3 is 0 Å². The van der Waals surface area contributed by atoms with E-state index < -0.39 is 0 Å². The normalized spacial score (nSPS) is 10.3. The third kappa shape index (κ3) is 5.14. The van der Waals surface area contributed by atoms with Gasteiger partial charge in [-0.15, -0.1) is 0 Å². The number of thiocarbonyl (C=S) groups is 1. The molecular weight excluding hydrogens is 511 g/mol. The average molecular weight is 524 g/mol. The lowest BCUT2D eigenvalue weighted by molar-refractivity contribution is 0.0978. The molecule has 1 amide bonds. The number of carbonyl (C=O) groups is 1. The van der Waals surface area contributed by atoms with Crippen LogP contribution in [-0.4, -0.2) is 11.0 Å². The lowest BCUT2D eigenvalue weighted by atomic mass is 10.1. The van der Waals surface area contributed by atoms with Crippen LogP contribution < -0.4 is 10.6 Å². The summed E-state index contributed by atoms with van der Waals surface area (Å²) in [6.45, 7) is 2.07. The second-order valence-electron chi connectivity index (χ2n) is 4.69. The lowest BCUT2D eigenvalue weighted by Gasteiger charge is -2.13. The molecule has 2 aromatic carbocycles. The van der Waals surface area contributed by atoms with Crippen molar-refractivity contribution in [2.45, 2.75) is 13.3 Å². The van der Waals surface area contributed by atoms with Gasteiger partial charge in [-0.05, 0) is 83.2 Å². The van der Waals surface area contributed by atoms with Crippen LogP contribution in [0.4, 0.5) is 5.69 Å². The molecule has 0 saturated heterocycles. The standard InChI is InChI=1S/C16H13BrClIN2OS/c1-2-9-7-11(19)4-6-14(9)20-16(23)21-15(22)12-8-10(17)3-5-13(12)18/h3-8H,2H2,1H3,(H2,20,21,22,23). The summed E-state index contributed by atoms with van der Waals surface area (Å²) < 4.78 is 1.93. The van der Waals surface area contributed by atoms with E-state index in [1.54, 1.807) is 18.2 Å². The van der Waals surface area contributed by atoms with Crippen LogP contribution in [0.25, 0.3) is 0 Å². The Morgan fingerprint density at radius 3 is 2.74 bits per heavy atom. The van der Waals surface area contributed by atoms with Crippen molar-refractivity contribution in [1.82, 2.24) is 5.32 Å². The van der Waals surface area contributed by atoms with Crippen LogP contribution in [0.15, 0.2) is 40.9 Å². The highest BCUT2D eigenvalue weighted by Gasteiger charge is 2.13. The Balaban J connectivity index is 2.10. The quantitative estimate of drug-likeness (QED) is 0.419. The summed E-state index contributed by atoms with van der Waals surface area (Å²) >= 11 is 16.9. The summed E-state index contributed by atoms with van der Waals surface area (Å²) in [6, 6.07) is 11.1. The molecule has 2 aromatic rings. The highest BCUT2D eigenvalue weighted by Crippen LogP contribution is 2.22. The van der Waals surface area contributed by atoms with Gasteiger partial charge < -0.3 is 5.32 Å². The molecule has 0 aliphatic carbocycles. The van der Waals surface area contributed by atoms with E-state index in [1.165, 1.54) is 0 Å². The van der Waals surface area contributed by atoms with Crippen LogP contribution in [0.1, 0.15) is 22.8 Å². The largest absolute Gasteiger partial charge is 0.332 e. The molecule has 2 N–H and O–H groups in total. The van der Waals surface area contributed by atoms with Gasteiger partial charge in [0, 0.05) is 13.7 Å². The van der Waals surface area contributed by atoms with Crippen LogP contribution in [0.5, 0.6) is 0 Å². The molecule has 0 spiro atoms. The highest BCUT2D eigenvalue weighted by atomic mass is 127. The molecule has 0 heterocycles. The SMILES string of the molecule is CCc1cc(I)ccc1NC(=S)NC(=O)c1cc(Br)ccc1Cl. The van der Waals surface area contributed by atoms with Gasteiger partial charge in [0.05, 0.1) is 10.6 Å². The fourth-order valence-corrected chi connectivity index (χ4v) is 3.30. The fraction of sp³-hybridized carbons (Fsp3) is 0.125. The number of halogens is 3. The summed E-state index contributed by atoms with van der Waals surface area (Å²) in [6.07, 6.45) is 0.868. The van der Waals surface area contributed by atoms with E-state index in [9.17, 15) is 4.79 Å². The summed E-state index contributed by atoms with van der Waals surface area (Å²) in [7, 11) is 0. The number of benzene rings is 2. The van der Waals surface area contributed by atoms with Crippen molar-refractivity contribution in [3.63, 3.8) is 0 Å². The van der Waals surface area contributed by atoms with Gasteiger partial charge in [0.25, 0.3) is 5.91 Å². The number of nitrogens with one attached hydrogen (secondary N) is 2. The van der Waals surface area contributed by atoms with Crippen molar-refractivity contribution in [3.05, 3.63) is 60.6 Å². The number of rotatable bonds is 3. The van der Waals surface area contributed by atoms with Crippen molar-refractivity contribution in [3.8, 4) is 0 Å². The van der Waals surface area contributed by atoms with Crippen molar-refractivity contribution in [1.29, 1.82) is 0 Å². The summed E-state index contributed by atoms with van der Waals surface area (Å²) in [4.78, 5) is 12.3. The average Bonchev–Trinajstić information content (AvgIpc) is 2.51. The monoisotopic (exact) mass is 522 g/mol. The van der Waals surface area contributed by atoms with Gasteiger partial charge in [-0.2, -0.15) is 0 Å². The lowest BCUT2D eigenvalue weighted by Crippen LogP contribution is -2.34. The minimum atomic E-state index is -0.350. The summed E-state index contributed by atoms with van der Waals surface area (Å²) in [5.74, 6) is -0.350. The Kier molecular flexibility index (Phi) is 6.82. The van der Waals surface area contributed by atoms with Gasteiger partial charge in [-0.1, -0.05) is 34.5 Å². The van der Waals surface area contributed by atoms with E-state index >= 15 is 0 Å². The van der Waals surface area contributed by atoms with Gasteiger partial charge in [-0.25, -0.2) is 0 Å². The molecule has 0 bridgehead atoms. The van der Waals surface area contributed by atoms with Crippen LogP contribution in [-0.2, 0) is 6.42 Å². The van der Waals surface area contributed by atoms with E-state index in [2.05, 4.69) is 62.1 Å². The predicted molar refractivity (Wildman–Crippen MR) is 111 cm³/mol. The zero-order valence-electron chi connectivity index (χ0n) is 12.1. The Morgan fingerprint density at radius 1 is 1.30 bits per heavy atom. The second kappa shape index (κ2) is 8.41. The molecule has 2 rings (SSSR count). The molecule has 0 saturated carbocycles. The highest BCUT2D eigenvalue weighted by molar-refractivity contribution is 14.1. The second-order valence-corrected chi connectivity index (χ2v) is 7.66. The first-order chi connectivity index (χ1) is 10.9. The molecule has 7 heteroatoms. The zero-order valence-corrected chi connectivity index (χ0v) is 17.4. The van der Waals surface area contributed by atoms with Gasteiger partial charge in [0.2, 0.25) is 0 Å². The van der Waals surface area contributed by atoms with Crippen molar-refractivity contribution in [2.75, 3.05) is 5.32 Å². The Morgan fingerprint density at radius 2 is 2.04 bits per heavy atom. The van der Waals surface area contributed by atoms with E-state index in [1.807, 2.05) is 12.1 Å². The third-order valence-electron chi connectivity index (χ3n) is 3.10. The molecular formula is C16H13BrClIN2OS. The molecule has 0 unspecified atom stereocenters. The van der Waals surface area contributed by atoms with Crippen molar-refractivity contribution in [2.24, 2.45) is 0 Å². The maximum absolute atomic E-state index is 12.3. The van der Waals surface area contributed by atoms with Gasteiger partial charge in [0.15, 0.2) is 5.11 Å². The van der Waals surface area contributed by atoms with Crippen LogP contribution >= 0.6 is 62.3 Å². The summed E-state index contributed by atoms with van der Waals surface area (Å²) in [5, 5.41) is 6.33. The number of aryl methyl sites for hydroxylation is 1. The molecule has 0 fully saturated rings. The van der Waals surface area contributed by atoms with Crippen molar-refractivity contribution < 1.29 is 4.79 Å². The molecule has 120 valence electrons. The molecule has 0 radical (unpaired) electrons. The molecule has 0 aliphatic heterocycles. The number of hydrogen-bond donors (Lipinski definition) is 2. The zero-order chi connectivity index (χ0) is 17.0. The van der Waals surface area contributed by atoms with E-state index in [-0.39, 0.29) is 11.0 Å². The van der Waals surface area contributed by atoms with Gasteiger partial charge in [0.1, 0.15) is 0 Å². The van der Waals surface area contributed by atoms with Crippen molar-refractivity contribution >= 4 is 79.0 Å². The summed E-state index contributed by atoms with van der Waals surface area (Å²) in [5.41, 5.74) is 2.39. The maximum Gasteiger partial charge on any atom is 0.258 e. The third-order valence-corrected chi connectivity index (χ3v) is 4.79.